The summed E-state index contributed by atoms with van der Waals surface area (Å²) in [6.45, 7) is 4.22. The molecule has 1 fully saturated rings. The third-order valence-corrected chi connectivity index (χ3v) is 7.92. The highest BCUT2D eigenvalue weighted by atomic mass is 79.9. The van der Waals surface area contributed by atoms with Gasteiger partial charge in [-0.05, 0) is 41.4 Å². The van der Waals surface area contributed by atoms with E-state index >= 15 is 0 Å². The molecule has 37 heavy (non-hydrogen) atoms. The van der Waals surface area contributed by atoms with E-state index in [-0.39, 0.29) is 17.9 Å². The van der Waals surface area contributed by atoms with Gasteiger partial charge in [0.25, 0.3) is 0 Å². The van der Waals surface area contributed by atoms with Crippen LogP contribution in [0, 0.1) is 24.5 Å². The van der Waals surface area contributed by atoms with Gasteiger partial charge in [-0.3, -0.25) is 4.98 Å². The summed E-state index contributed by atoms with van der Waals surface area (Å²) in [5.74, 6) is -4.82. The van der Waals surface area contributed by atoms with Crippen molar-refractivity contribution in [3.63, 3.8) is 0 Å². The minimum Gasteiger partial charge on any atom is -0.493 e. The van der Waals surface area contributed by atoms with Crippen LogP contribution in [0.1, 0.15) is 48.4 Å². The van der Waals surface area contributed by atoms with Crippen molar-refractivity contribution < 1.29 is 36.2 Å². The van der Waals surface area contributed by atoms with Crippen molar-refractivity contribution in [2.75, 3.05) is 7.11 Å². The minimum absolute atomic E-state index is 0.0565. The van der Waals surface area contributed by atoms with Crippen LogP contribution in [0.3, 0.4) is 0 Å². The predicted molar refractivity (Wildman–Crippen MR) is 131 cm³/mol. The molecule has 1 aliphatic rings. The zero-order valence-electron chi connectivity index (χ0n) is 20.5. The number of benzene rings is 2. The molecule has 2 aromatic carbocycles. The molecule has 0 spiro atoms. The largest absolute Gasteiger partial charge is 0.493 e. The number of hydrogen-bond acceptors (Lipinski definition) is 4. The molecule has 0 aliphatic carbocycles. The maximum Gasteiger partial charge on any atom is 0.417 e. The van der Waals surface area contributed by atoms with E-state index in [0.717, 1.165) is 25.7 Å². The van der Waals surface area contributed by atoms with Crippen molar-refractivity contribution in [1.29, 1.82) is 0 Å². The fourth-order valence-electron chi connectivity index (χ4n) is 4.70. The summed E-state index contributed by atoms with van der Waals surface area (Å²) in [6, 6.07) is 13.0. The molecule has 0 radical (unpaired) electrons. The number of aromatic nitrogens is 1. The summed E-state index contributed by atoms with van der Waals surface area (Å²) in [5.41, 5.74) is -1.01. The van der Waals surface area contributed by atoms with Crippen molar-refractivity contribution in [1.82, 2.24) is 4.98 Å². The zero-order chi connectivity index (χ0) is 27.1. The van der Waals surface area contributed by atoms with Crippen molar-refractivity contribution in [2.24, 2.45) is 5.92 Å². The quantitative estimate of drug-likeness (QED) is 0.276. The summed E-state index contributed by atoms with van der Waals surface area (Å²) in [5, 5.41) is 0. The lowest BCUT2D eigenvalue weighted by Crippen LogP contribution is -2.46. The molecular formula is C27H25BrF5NO3. The molecule has 0 bridgehead atoms. The lowest BCUT2D eigenvalue weighted by Gasteiger charge is -2.32. The van der Waals surface area contributed by atoms with Crippen LogP contribution < -0.4 is 9.47 Å². The van der Waals surface area contributed by atoms with Crippen LogP contribution in [0.25, 0.3) is 0 Å². The monoisotopic (exact) mass is 585 g/mol. The summed E-state index contributed by atoms with van der Waals surface area (Å²) in [6.07, 6.45) is -6.01. The number of pyridine rings is 1. The van der Waals surface area contributed by atoms with Gasteiger partial charge < -0.3 is 14.2 Å². The van der Waals surface area contributed by atoms with E-state index in [4.69, 9.17) is 14.2 Å². The number of nitrogens with zero attached hydrogens (tertiary/aromatic N) is 1. The van der Waals surface area contributed by atoms with E-state index in [1.165, 1.54) is 19.1 Å². The number of rotatable bonds is 6. The highest BCUT2D eigenvalue weighted by Crippen LogP contribution is 2.59. The Balaban J connectivity index is 1.83. The molecule has 0 N–H and O–H groups in total. The summed E-state index contributed by atoms with van der Waals surface area (Å²) in [7, 11) is 1.14. The molecule has 10 heteroatoms. The van der Waals surface area contributed by atoms with E-state index in [1.54, 1.807) is 6.92 Å². The van der Waals surface area contributed by atoms with Crippen molar-refractivity contribution >= 4 is 15.9 Å². The number of hydrogen-bond donors (Lipinski definition) is 0. The van der Waals surface area contributed by atoms with E-state index in [1.807, 2.05) is 30.3 Å². The van der Waals surface area contributed by atoms with Gasteiger partial charge in [0.2, 0.25) is 5.82 Å². The van der Waals surface area contributed by atoms with Crippen LogP contribution in [-0.4, -0.2) is 23.9 Å². The maximum atomic E-state index is 14.6. The fourth-order valence-corrected chi connectivity index (χ4v) is 5.02. The van der Waals surface area contributed by atoms with Gasteiger partial charge in [-0.15, -0.1) is 0 Å². The van der Waals surface area contributed by atoms with E-state index < -0.39 is 47.1 Å². The highest BCUT2D eigenvalue weighted by molar-refractivity contribution is 9.10. The first-order chi connectivity index (χ1) is 17.4. The number of aryl methyl sites for hydroxylation is 1. The molecule has 3 aromatic rings. The summed E-state index contributed by atoms with van der Waals surface area (Å²) < 4.78 is 88.8. The summed E-state index contributed by atoms with van der Waals surface area (Å²) >= 11 is 3.44. The SMILES string of the molecule is COc1c([C@H]2[C@H](c3cc(OCc4ccccc4)c(Br)c(C)n3)O[C@@](C)(C(F)(F)F)[C@H]2C)ccc(F)c1F. The number of alkyl halides is 3. The third-order valence-electron chi connectivity index (χ3n) is 6.95. The molecular weight excluding hydrogens is 561 g/mol. The van der Waals surface area contributed by atoms with Crippen LogP contribution in [0.5, 0.6) is 11.5 Å². The molecule has 2 heterocycles. The van der Waals surface area contributed by atoms with Crippen LogP contribution >= 0.6 is 15.9 Å². The van der Waals surface area contributed by atoms with Gasteiger partial charge in [0.05, 0.1) is 23.0 Å². The smallest absolute Gasteiger partial charge is 0.417 e. The topological polar surface area (TPSA) is 40.6 Å². The van der Waals surface area contributed by atoms with E-state index in [2.05, 4.69) is 20.9 Å². The standard InChI is InChI=1S/C27H25BrF5NO3/c1-14-21(17-10-11-18(29)23(30)24(17)35-4)25(37-26(14,3)27(31,32)33)19-12-20(22(28)15(2)34-19)36-13-16-8-6-5-7-9-16/h5-12,14,21,25H,13H2,1-4H3/t14-,21-,25-,26+/m0/s1. The number of halogens is 6. The van der Waals surface area contributed by atoms with Crippen molar-refractivity contribution in [2.45, 2.75) is 51.2 Å². The molecule has 1 saturated heterocycles. The molecule has 1 aromatic heterocycles. The minimum atomic E-state index is -4.75. The molecule has 4 rings (SSSR count). The normalized spacial score (nSPS) is 23.8. The Bertz CT molecular complexity index is 1290. The second-order valence-electron chi connectivity index (χ2n) is 9.16. The lowest BCUT2D eigenvalue weighted by atomic mass is 9.76. The molecule has 4 nitrogen and oxygen atoms in total. The Morgan fingerprint density at radius 2 is 1.78 bits per heavy atom. The van der Waals surface area contributed by atoms with E-state index in [9.17, 15) is 22.0 Å². The van der Waals surface area contributed by atoms with Gasteiger partial charge >= 0.3 is 6.18 Å². The molecule has 0 unspecified atom stereocenters. The van der Waals surface area contributed by atoms with Crippen molar-refractivity contribution in [3.05, 3.63) is 87.2 Å². The molecule has 1 aliphatic heterocycles. The van der Waals surface area contributed by atoms with Gasteiger partial charge in [-0.25, -0.2) is 4.39 Å². The Labute approximate surface area is 219 Å². The van der Waals surface area contributed by atoms with Crippen LogP contribution in [0.15, 0.2) is 53.0 Å². The average molecular weight is 586 g/mol. The average Bonchev–Trinajstić information content (AvgIpc) is 3.13. The fraction of sp³-hybridized carbons (Fsp3) is 0.370. The molecule has 4 atom stereocenters. The second kappa shape index (κ2) is 10.2. The Hall–Kier alpha value is -2.72. The number of ether oxygens (including phenoxy) is 3. The third kappa shape index (κ3) is 4.93. The maximum absolute atomic E-state index is 14.6. The van der Waals surface area contributed by atoms with Gasteiger partial charge in [-0.1, -0.05) is 43.3 Å². The predicted octanol–water partition coefficient (Wildman–Crippen LogP) is 7.83. The number of methoxy groups -OCH3 is 1. The Morgan fingerprint density at radius 1 is 1.11 bits per heavy atom. The highest BCUT2D eigenvalue weighted by Gasteiger charge is 2.65. The van der Waals surface area contributed by atoms with Gasteiger partial charge in [0.1, 0.15) is 18.5 Å². The van der Waals surface area contributed by atoms with Crippen LogP contribution in [0.2, 0.25) is 0 Å². The first-order valence-electron chi connectivity index (χ1n) is 11.5. The first kappa shape index (κ1) is 27.3. The van der Waals surface area contributed by atoms with Crippen LogP contribution in [-0.2, 0) is 11.3 Å². The second-order valence-corrected chi connectivity index (χ2v) is 9.95. The first-order valence-corrected chi connectivity index (χ1v) is 12.3. The van der Waals surface area contributed by atoms with Gasteiger partial charge in [-0.2, -0.15) is 17.6 Å². The van der Waals surface area contributed by atoms with Gasteiger partial charge in [0.15, 0.2) is 17.2 Å². The summed E-state index contributed by atoms with van der Waals surface area (Å²) in [4.78, 5) is 4.50. The van der Waals surface area contributed by atoms with Crippen molar-refractivity contribution in [3.8, 4) is 11.5 Å². The molecule has 0 amide bonds. The zero-order valence-corrected chi connectivity index (χ0v) is 22.1. The van der Waals surface area contributed by atoms with E-state index in [0.29, 0.717) is 15.9 Å². The van der Waals surface area contributed by atoms with Crippen LogP contribution in [0.4, 0.5) is 22.0 Å². The molecule has 0 saturated carbocycles. The van der Waals surface area contributed by atoms with Gasteiger partial charge in [0, 0.05) is 23.5 Å². The molecule has 198 valence electrons. The lowest BCUT2D eigenvalue weighted by molar-refractivity contribution is -0.275. The Morgan fingerprint density at radius 3 is 2.41 bits per heavy atom. The Kier molecular flexibility index (Phi) is 7.54.